The van der Waals surface area contributed by atoms with Gasteiger partial charge in [-0.2, -0.15) is 5.26 Å². The number of anilines is 1. The first-order valence-corrected chi connectivity index (χ1v) is 6.57. The van der Waals surface area contributed by atoms with Crippen LogP contribution in [-0.2, 0) is 6.54 Å². The number of aryl methyl sites for hydroxylation is 1. The van der Waals surface area contributed by atoms with Crippen molar-refractivity contribution in [1.82, 2.24) is 0 Å². The van der Waals surface area contributed by atoms with E-state index in [1.54, 1.807) is 12.1 Å². The van der Waals surface area contributed by atoms with Crippen LogP contribution in [-0.4, -0.2) is 4.92 Å². The molecule has 0 atom stereocenters. The Morgan fingerprint density at radius 1 is 1.38 bits per heavy atom. The van der Waals surface area contributed by atoms with Gasteiger partial charge in [-0.1, -0.05) is 23.7 Å². The average molecular weight is 302 g/mol. The molecule has 1 N–H and O–H groups in total. The molecule has 0 aliphatic carbocycles. The van der Waals surface area contributed by atoms with Gasteiger partial charge in [-0.25, -0.2) is 0 Å². The first kappa shape index (κ1) is 14.8. The average Bonchev–Trinajstić information content (AvgIpc) is 2.44. The van der Waals surface area contributed by atoms with Gasteiger partial charge in [0.25, 0.3) is 5.69 Å². The van der Waals surface area contributed by atoms with Crippen molar-refractivity contribution in [3.8, 4) is 6.07 Å². The molecule has 6 heteroatoms. The van der Waals surface area contributed by atoms with Gasteiger partial charge in [0.1, 0.15) is 6.07 Å². The van der Waals surface area contributed by atoms with Crippen molar-refractivity contribution in [3.63, 3.8) is 0 Å². The van der Waals surface area contributed by atoms with Crippen molar-refractivity contribution in [2.24, 2.45) is 0 Å². The molecule has 0 fully saturated rings. The van der Waals surface area contributed by atoms with Crippen LogP contribution in [0.3, 0.4) is 0 Å². The summed E-state index contributed by atoms with van der Waals surface area (Å²) < 4.78 is 0. The number of nitrogens with zero attached hydrogens (tertiary/aromatic N) is 2. The van der Waals surface area contributed by atoms with Crippen LogP contribution in [0.2, 0.25) is 5.02 Å². The zero-order chi connectivity index (χ0) is 15.4. The number of benzene rings is 2. The van der Waals surface area contributed by atoms with E-state index >= 15 is 0 Å². The highest BCUT2D eigenvalue weighted by molar-refractivity contribution is 6.30. The summed E-state index contributed by atoms with van der Waals surface area (Å²) in [5.41, 5.74) is 2.49. The van der Waals surface area contributed by atoms with Crippen LogP contribution < -0.4 is 5.32 Å². The molecule has 2 aromatic carbocycles. The molecule has 0 spiro atoms. The van der Waals surface area contributed by atoms with Crippen LogP contribution in [0.25, 0.3) is 0 Å². The lowest BCUT2D eigenvalue weighted by Gasteiger charge is -2.10. The molecule has 106 valence electrons. The summed E-state index contributed by atoms with van der Waals surface area (Å²) in [5.74, 6) is 0. The Morgan fingerprint density at radius 2 is 2.14 bits per heavy atom. The Bertz CT molecular complexity index is 738. The van der Waals surface area contributed by atoms with Crippen LogP contribution in [0.4, 0.5) is 11.4 Å². The summed E-state index contributed by atoms with van der Waals surface area (Å²) >= 11 is 5.88. The van der Waals surface area contributed by atoms with Crippen LogP contribution in [0.5, 0.6) is 0 Å². The molecule has 0 heterocycles. The smallest absolute Gasteiger partial charge is 0.274 e. The molecule has 0 aliphatic heterocycles. The minimum absolute atomic E-state index is 0.00180. The van der Waals surface area contributed by atoms with Gasteiger partial charge in [0.15, 0.2) is 0 Å². The molecule has 5 nitrogen and oxygen atoms in total. The number of nitriles is 1. The van der Waals surface area contributed by atoms with Crippen LogP contribution in [0.15, 0.2) is 36.4 Å². The van der Waals surface area contributed by atoms with E-state index in [0.717, 1.165) is 5.56 Å². The summed E-state index contributed by atoms with van der Waals surface area (Å²) in [7, 11) is 0. The summed E-state index contributed by atoms with van der Waals surface area (Å²) in [5, 5.41) is 23.7. The number of hydrogen-bond donors (Lipinski definition) is 1. The highest BCUT2D eigenvalue weighted by Gasteiger charge is 2.14. The fourth-order valence-corrected chi connectivity index (χ4v) is 2.22. The first-order chi connectivity index (χ1) is 10.0. The number of nitro benzene ring substituents is 1. The van der Waals surface area contributed by atoms with Gasteiger partial charge >= 0.3 is 0 Å². The largest absolute Gasteiger partial charge is 0.380 e. The number of hydrogen-bond acceptors (Lipinski definition) is 4. The maximum atomic E-state index is 11.0. The first-order valence-electron chi connectivity index (χ1n) is 6.19. The number of halogens is 1. The number of rotatable bonds is 4. The molecule has 0 amide bonds. The zero-order valence-corrected chi connectivity index (χ0v) is 12.0. The van der Waals surface area contributed by atoms with Crippen molar-refractivity contribution < 1.29 is 4.92 Å². The van der Waals surface area contributed by atoms with Crippen LogP contribution >= 0.6 is 11.6 Å². The summed E-state index contributed by atoms with van der Waals surface area (Å²) in [6.07, 6.45) is 0. The highest BCUT2D eigenvalue weighted by atomic mass is 35.5. The molecule has 0 radical (unpaired) electrons. The van der Waals surface area contributed by atoms with Crippen molar-refractivity contribution in [3.05, 3.63) is 68.2 Å². The van der Waals surface area contributed by atoms with Gasteiger partial charge in [0.2, 0.25) is 0 Å². The van der Waals surface area contributed by atoms with Gasteiger partial charge in [-0.15, -0.1) is 0 Å². The Balaban J connectivity index is 2.29. The third-order valence-electron chi connectivity index (χ3n) is 3.09. The van der Waals surface area contributed by atoms with E-state index < -0.39 is 4.92 Å². The molecule has 2 aromatic rings. The van der Waals surface area contributed by atoms with E-state index in [1.165, 1.54) is 12.1 Å². The second-order valence-corrected chi connectivity index (χ2v) is 4.93. The minimum Gasteiger partial charge on any atom is -0.380 e. The predicted molar refractivity (Wildman–Crippen MR) is 81.3 cm³/mol. The SMILES string of the molecule is Cc1cccc(NCc2cc(Cl)ccc2[N+](=O)[O-])c1C#N. The maximum Gasteiger partial charge on any atom is 0.274 e. The third-order valence-corrected chi connectivity index (χ3v) is 3.33. The van der Waals surface area contributed by atoms with Crippen molar-refractivity contribution in [2.45, 2.75) is 13.5 Å². The van der Waals surface area contributed by atoms with E-state index in [0.29, 0.717) is 21.8 Å². The fourth-order valence-electron chi connectivity index (χ4n) is 2.03. The van der Waals surface area contributed by atoms with Gasteiger partial charge in [0, 0.05) is 17.6 Å². The lowest BCUT2D eigenvalue weighted by Crippen LogP contribution is -2.05. The topological polar surface area (TPSA) is 79.0 Å². The molecule has 21 heavy (non-hydrogen) atoms. The van der Waals surface area contributed by atoms with Gasteiger partial charge < -0.3 is 5.32 Å². The molecule has 0 aromatic heterocycles. The second-order valence-electron chi connectivity index (χ2n) is 4.49. The molecule has 0 aliphatic rings. The monoisotopic (exact) mass is 301 g/mol. The maximum absolute atomic E-state index is 11.0. The molecule has 0 unspecified atom stereocenters. The lowest BCUT2D eigenvalue weighted by molar-refractivity contribution is -0.385. The highest BCUT2D eigenvalue weighted by Crippen LogP contribution is 2.25. The second kappa shape index (κ2) is 6.25. The standard InChI is InChI=1S/C15H12ClN3O2/c1-10-3-2-4-14(13(10)8-17)18-9-11-7-12(16)5-6-15(11)19(20)21/h2-7,18H,9H2,1H3. The van der Waals surface area contributed by atoms with Crippen molar-refractivity contribution >= 4 is 23.0 Å². The van der Waals surface area contributed by atoms with Crippen molar-refractivity contribution in [2.75, 3.05) is 5.32 Å². The van der Waals surface area contributed by atoms with Gasteiger partial charge in [0.05, 0.1) is 21.7 Å². The Labute approximate surface area is 126 Å². The van der Waals surface area contributed by atoms with Gasteiger partial charge in [-0.05, 0) is 30.7 Å². The molecule has 2 rings (SSSR count). The Hall–Kier alpha value is -2.58. The van der Waals surface area contributed by atoms with Crippen molar-refractivity contribution in [1.29, 1.82) is 5.26 Å². The predicted octanol–water partition coefficient (Wildman–Crippen LogP) is 4.04. The Morgan fingerprint density at radius 3 is 2.81 bits per heavy atom. The molecular weight excluding hydrogens is 290 g/mol. The number of nitrogens with one attached hydrogen (secondary N) is 1. The third kappa shape index (κ3) is 3.30. The fraction of sp³-hybridized carbons (Fsp3) is 0.133. The quantitative estimate of drug-likeness (QED) is 0.682. The van der Waals surface area contributed by atoms with Crippen LogP contribution in [0, 0.1) is 28.4 Å². The normalized spacial score (nSPS) is 9.95. The van der Waals surface area contributed by atoms with Crippen LogP contribution in [0.1, 0.15) is 16.7 Å². The van der Waals surface area contributed by atoms with E-state index in [1.807, 2.05) is 19.1 Å². The molecule has 0 saturated heterocycles. The zero-order valence-electron chi connectivity index (χ0n) is 11.3. The molecular formula is C15H12ClN3O2. The van der Waals surface area contributed by atoms with E-state index in [9.17, 15) is 10.1 Å². The number of nitro groups is 1. The van der Waals surface area contributed by atoms with E-state index in [2.05, 4.69) is 11.4 Å². The van der Waals surface area contributed by atoms with E-state index in [4.69, 9.17) is 16.9 Å². The Kier molecular flexibility index (Phi) is 4.41. The molecule has 0 bridgehead atoms. The molecule has 0 saturated carbocycles. The van der Waals surface area contributed by atoms with Gasteiger partial charge in [-0.3, -0.25) is 10.1 Å². The summed E-state index contributed by atoms with van der Waals surface area (Å²) in [6.45, 7) is 2.06. The lowest BCUT2D eigenvalue weighted by atomic mass is 10.1. The minimum atomic E-state index is -0.450. The van der Waals surface area contributed by atoms with E-state index in [-0.39, 0.29) is 12.2 Å². The summed E-state index contributed by atoms with van der Waals surface area (Å²) in [6, 6.07) is 12.0. The summed E-state index contributed by atoms with van der Waals surface area (Å²) in [4.78, 5) is 10.6.